The Labute approximate surface area is 564 Å². The first-order valence-electron chi connectivity index (χ1n) is 28.6. The topological polar surface area (TPSA) is 273 Å². The Morgan fingerprint density at radius 3 is 1.13 bits per heavy atom. The van der Waals surface area contributed by atoms with Crippen molar-refractivity contribution in [1.82, 2.24) is 18.2 Å². The summed E-state index contributed by atoms with van der Waals surface area (Å²) in [5, 5.41) is 2.93. The van der Waals surface area contributed by atoms with Crippen LogP contribution in [0.2, 0.25) is 0 Å². The van der Waals surface area contributed by atoms with Crippen molar-refractivity contribution in [3.63, 3.8) is 0 Å². The number of thiol groups is 1. The third kappa shape index (κ3) is 32.6. The first-order chi connectivity index (χ1) is 40.3. The fraction of sp³-hybridized carbons (Fsp3) is 0.600. The normalized spacial score (nSPS) is 14.2. The zero-order valence-electron chi connectivity index (χ0n) is 54.9. The van der Waals surface area contributed by atoms with E-state index in [0.29, 0.717) is 47.2 Å². The van der Waals surface area contributed by atoms with E-state index in [4.69, 9.17) is 42.3 Å². The van der Waals surface area contributed by atoms with Crippen LogP contribution >= 0.6 is 39.4 Å². The summed E-state index contributed by atoms with van der Waals surface area (Å²) in [6.45, 7) is 36.5. The van der Waals surface area contributed by atoms with E-state index >= 15 is 0 Å². The molecule has 0 unspecified atom stereocenters. The molecule has 0 saturated carbocycles. The predicted molar refractivity (Wildman–Crippen MR) is 380 cm³/mol. The molecule has 2 heterocycles. The van der Waals surface area contributed by atoms with Crippen molar-refractivity contribution in [3.05, 3.63) is 112 Å². The van der Waals surface area contributed by atoms with Crippen molar-refractivity contribution in [2.45, 2.75) is 193 Å². The third-order valence-corrected chi connectivity index (χ3v) is 21.7. The predicted octanol–water partition coefficient (Wildman–Crippen LogP) is 13.0. The van der Waals surface area contributed by atoms with E-state index in [2.05, 4.69) is 94.5 Å². The molecule has 0 aromatic heterocycles. The summed E-state index contributed by atoms with van der Waals surface area (Å²) in [7, 11) is -2.80. The first kappa shape index (κ1) is 93.7. The monoisotopic (exact) mass is 1460 g/mol. The van der Waals surface area contributed by atoms with E-state index in [9.17, 15) is 33.7 Å². The molecule has 4 aromatic rings. The van der Waals surface area contributed by atoms with Gasteiger partial charge in [0.15, 0.2) is 0 Å². The minimum atomic E-state index is -4.67. The molecule has 20 nitrogen and oxygen atoms in total. The van der Waals surface area contributed by atoms with Gasteiger partial charge in [-0.2, -0.15) is 8.42 Å². The van der Waals surface area contributed by atoms with Crippen molar-refractivity contribution in [2.75, 3.05) is 67.6 Å². The van der Waals surface area contributed by atoms with Crippen molar-refractivity contribution < 1.29 is 65.2 Å². The van der Waals surface area contributed by atoms with E-state index in [0.717, 1.165) is 51.9 Å². The Balaban J connectivity index is -0.000000508. The van der Waals surface area contributed by atoms with Gasteiger partial charge in [-0.1, -0.05) is 150 Å². The Bertz CT molecular complexity index is 3260. The quantitative estimate of drug-likeness (QED) is 0.0351. The summed E-state index contributed by atoms with van der Waals surface area (Å²) < 4.78 is 152. The van der Waals surface area contributed by atoms with Gasteiger partial charge in [-0.15, -0.1) is 0 Å². The summed E-state index contributed by atoms with van der Waals surface area (Å²) in [6, 6.07) is 24.2. The van der Waals surface area contributed by atoms with E-state index < -0.39 is 67.8 Å². The van der Waals surface area contributed by atoms with Crippen LogP contribution < -0.4 is 10.8 Å². The summed E-state index contributed by atoms with van der Waals surface area (Å²) >= 11 is 6.62. The van der Waals surface area contributed by atoms with Crippen LogP contribution in [0.3, 0.4) is 0 Å². The number of hydrogen-bond acceptors (Lipinski definition) is 16. The number of sulfonamides is 3. The molecule has 2 fully saturated rings. The molecule has 517 valence electrons. The molecule has 2 aliphatic rings. The van der Waals surface area contributed by atoms with E-state index in [1.165, 1.54) is 37.9 Å². The van der Waals surface area contributed by atoms with Gasteiger partial charge in [0, 0.05) is 69.1 Å². The molecule has 0 bridgehead atoms. The Morgan fingerprint density at radius 1 is 0.589 bits per heavy atom. The summed E-state index contributed by atoms with van der Waals surface area (Å²) in [4.78, 5) is 1.11. The van der Waals surface area contributed by atoms with Gasteiger partial charge in [-0.05, 0) is 154 Å². The van der Waals surface area contributed by atoms with Crippen LogP contribution in [0.1, 0.15) is 184 Å². The molecule has 30 heteroatoms. The van der Waals surface area contributed by atoms with E-state index in [-0.39, 0.29) is 30.6 Å². The number of hydrogen-bond donors (Lipinski definition) is 4. The van der Waals surface area contributed by atoms with Gasteiger partial charge in [-0.3, -0.25) is 9.11 Å². The Hall–Kier alpha value is -2.68. The molecule has 90 heavy (non-hydrogen) atoms. The van der Waals surface area contributed by atoms with Gasteiger partial charge in [0.05, 0.1) is 30.8 Å². The number of nitrogens with zero attached hydrogens (tertiary/aromatic N) is 4. The van der Waals surface area contributed by atoms with Gasteiger partial charge in [0.2, 0.25) is 30.1 Å². The maximum absolute atomic E-state index is 12.7. The number of rotatable bonds is 16. The van der Waals surface area contributed by atoms with Gasteiger partial charge in [-0.25, -0.2) is 46.6 Å². The third-order valence-electron chi connectivity index (χ3n) is 13.8. The average Bonchev–Trinajstić information content (AvgIpc) is 1.64. The molecule has 0 atom stereocenters. The summed E-state index contributed by atoms with van der Waals surface area (Å²) in [6.07, 6.45) is 2.56. The number of benzene rings is 4. The van der Waals surface area contributed by atoms with Gasteiger partial charge in [0.25, 0.3) is 9.05 Å². The number of halogens is 2. The molecular weight excluding hydrogens is 1360 g/mol. The molecule has 0 spiro atoms. The molecule has 0 aliphatic carbocycles. The molecular formula is C60H106B2BrClN5O15S6. The van der Waals surface area contributed by atoms with Crippen molar-refractivity contribution in [3.8, 4) is 0 Å². The van der Waals surface area contributed by atoms with E-state index in [1.54, 1.807) is 69.7 Å². The second-order valence-corrected chi connectivity index (χ2v) is 32.8. The van der Waals surface area contributed by atoms with Crippen LogP contribution in [0.25, 0.3) is 0 Å². The molecule has 0 amide bonds. The zero-order chi connectivity index (χ0) is 69.0. The minimum absolute atomic E-state index is 0. The van der Waals surface area contributed by atoms with Crippen molar-refractivity contribution >= 4 is 109 Å². The molecule has 6 rings (SSSR count). The second kappa shape index (κ2) is 43.4. The van der Waals surface area contributed by atoms with Crippen LogP contribution in [0.15, 0.2) is 113 Å². The fourth-order valence-corrected chi connectivity index (χ4v) is 12.5. The molecule has 2 aliphatic heterocycles. The van der Waals surface area contributed by atoms with Gasteiger partial charge in [0.1, 0.15) is 0 Å². The Morgan fingerprint density at radius 2 is 0.878 bits per heavy atom. The Kier molecular flexibility index (Phi) is 45.2. The van der Waals surface area contributed by atoms with Crippen LogP contribution in [0.4, 0.5) is 0 Å². The zero-order valence-corrected chi connectivity index (χ0v) is 62.3. The standard InChI is InChI=1S/C18H30BNO4S.C12H18BrNO2S.C12H19NO2S.C9H11ClO2S.C4H8O.C3H9N.2CH4.BHNS.H2O4S/c1-9-20(8)25(21,22)14-10-11-15(13(2)3)16(12-14)19-23-17(4,5)18(6,7)24-19;1-5-14(4)17(15,16)10-6-7-11(9(2)3)12(13)8-10;1-5-13(4)16(14,15)12-8-6-11(7-9-12)10(2)3;1-7(2)8-3-5-9(6-4-8)13(10,11)12;1-2-4-5-3-1;1-3-4-2;;;1-2-3;1-5(2,3)4/h10-13H,9H2,1-8H3;6-9H,5H2,1-4H3;6-10H,5H2,1-4H3;3-7H,1-2H3;1-4H2;4H,3H2,1-2H3;2*1H4;3H;(H2,1,2,3,4). The van der Waals surface area contributed by atoms with Crippen LogP contribution in [0, 0.1) is 0 Å². The fourth-order valence-electron chi connectivity index (χ4n) is 7.15. The first-order valence-corrected chi connectivity index (χ1v) is 37.8. The molecule has 4 aromatic carbocycles. The van der Waals surface area contributed by atoms with Crippen LogP contribution in [0.5, 0.6) is 0 Å². The van der Waals surface area contributed by atoms with Gasteiger partial charge >= 0.3 is 42.3 Å². The second-order valence-electron chi connectivity index (χ2n) is 22.1. The molecule has 3 N–H and O–H groups in total. The SMILES string of the molecule is C.C.C1CCOC1.CC(C)c1ccc(S(=O)(=O)Cl)cc1.CCN(C)S(=O)(=O)c1ccc(C(C)C)c(B2OC(C)(C)C(C)(C)O2)c1.CCN(C)S(=O)(=O)c1ccc(C(C)C)c(Br)c1.CCN(C)S(=O)(=O)c1ccc(C(C)C)cc1.CCNC.O=S(=O)(O)O.[B]=NS. The summed E-state index contributed by atoms with van der Waals surface area (Å²) in [5.74, 6) is 1.41. The van der Waals surface area contributed by atoms with Gasteiger partial charge < -0.3 is 19.4 Å². The van der Waals surface area contributed by atoms with Crippen LogP contribution in [-0.4, -0.2) is 158 Å². The molecule has 1 radical (unpaired) electrons. The number of ether oxygens (including phenoxy) is 1. The average molecular weight is 1470 g/mol. The van der Waals surface area contributed by atoms with E-state index in [1.807, 2.05) is 93.6 Å². The summed E-state index contributed by atoms with van der Waals surface area (Å²) in [5.41, 5.74) is 4.25. The maximum atomic E-state index is 12.7. The van der Waals surface area contributed by atoms with Crippen LogP contribution in [-0.2, 0) is 63.6 Å². The van der Waals surface area contributed by atoms with Crippen molar-refractivity contribution in [2.24, 2.45) is 4.30 Å². The van der Waals surface area contributed by atoms with Crippen molar-refractivity contribution in [1.29, 1.82) is 0 Å². The molecule has 2 saturated heterocycles. The number of nitrogens with one attached hydrogen (secondary N) is 1.